The third kappa shape index (κ3) is 13.6. The summed E-state index contributed by atoms with van der Waals surface area (Å²) >= 11 is 11.6. The Labute approximate surface area is 390 Å². The van der Waals surface area contributed by atoms with Gasteiger partial charge in [0.15, 0.2) is 34.8 Å². The van der Waals surface area contributed by atoms with Crippen LogP contribution in [-0.2, 0) is 4.74 Å². The van der Waals surface area contributed by atoms with Crippen LogP contribution in [0.1, 0.15) is 52.8 Å². The molecule has 4 aromatic carbocycles. The van der Waals surface area contributed by atoms with Crippen LogP contribution in [0.4, 0.5) is 55.3 Å². The lowest BCUT2D eigenvalue weighted by molar-refractivity contribution is -0.276. The normalized spacial score (nSPS) is 11.1. The Morgan fingerprint density at radius 3 is 1.32 bits per heavy atom. The lowest BCUT2D eigenvalue weighted by atomic mass is 10.1. The topological polar surface area (TPSA) is 190 Å². The van der Waals surface area contributed by atoms with E-state index in [0.29, 0.717) is 35.4 Å². The van der Waals surface area contributed by atoms with E-state index >= 15 is 0 Å². The number of ether oxygens (including phenoxy) is 5. The zero-order chi connectivity index (χ0) is 51.1. The zero-order valence-electron chi connectivity index (χ0n) is 34.8. The van der Waals surface area contributed by atoms with Crippen LogP contribution in [0.2, 0.25) is 10.0 Å². The van der Waals surface area contributed by atoms with Gasteiger partial charge in [-0.05, 0) is 85.6 Å². The van der Waals surface area contributed by atoms with Gasteiger partial charge in [-0.25, -0.2) is 27.3 Å². The van der Waals surface area contributed by atoms with Crippen LogP contribution < -0.4 is 35.3 Å². The molecule has 0 atom stereocenters. The number of hydrogen-bond acceptors (Lipinski definition) is 11. The highest BCUT2D eigenvalue weighted by atomic mass is 35.5. The van der Waals surface area contributed by atoms with Crippen molar-refractivity contribution >= 4 is 58.3 Å². The van der Waals surface area contributed by atoms with Crippen molar-refractivity contribution in [1.82, 2.24) is 9.97 Å². The molecule has 0 aliphatic heterocycles. The number of nitrogens with two attached hydrogens (primary N) is 1. The Balaban J connectivity index is 0.000000258. The molecule has 0 radical (unpaired) electrons. The van der Waals surface area contributed by atoms with Gasteiger partial charge in [-0.15, -0.1) is 26.3 Å². The second kappa shape index (κ2) is 21.4. The molecule has 69 heavy (non-hydrogen) atoms. The van der Waals surface area contributed by atoms with Gasteiger partial charge in [0.1, 0.15) is 45.5 Å². The number of amides is 3. The summed E-state index contributed by atoms with van der Waals surface area (Å²) in [6.07, 6.45) is -7.70. The van der Waals surface area contributed by atoms with Crippen LogP contribution in [0.25, 0.3) is 0 Å². The number of halogens is 12. The van der Waals surface area contributed by atoms with Crippen molar-refractivity contribution in [3.63, 3.8) is 0 Å². The molecule has 0 saturated heterocycles. The molecule has 26 heteroatoms. The number of methoxy groups -OCH3 is 1. The number of anilines is 2. The number of rotatable bonds is 12. The largest absolute Gasteiger partial charge is 0.573 e. The minimum Gasteiger partial charge on any atom is -0.464 e. The first-order valence-corrected chi connectivity index (χ1v) is 19.4. The molecule has 6 aromatic rings. The van der Waals surface area contributed by atoms with Crippen LogP contribution in [-0.4, -0.2) is 53.5 Å². The molecule has 0 saturated carbocycles. The van der Waals surface area contributed by atoms with Crippen LogP contribution in [0, 0.1) is 37.1 Å². The maximum absolute atomic E-state index is 14.8. The van der Waals surface area contributed by atoms with Gasteiger partial charge in [0, 0.05) is 35.9 Å². The van der Waals surface area contributed by atoms with Gasteiger partial charge in [-0.2, -0.15) is 0 Å². The summed E-state index contributed by atoms with van der Waals surface area (Å²) in [5.74, 6) is -12.7. The predicted molar refractivity (Wildman–Crippen MR) is 223 cm³/mol. The van der Waals surface area contributed by atoms with Crippen LogP contribution in [0.5, 0.6) is 34.5 Å². The Hall–Kier alpha value is -7.86. The second-order valence-corrected chi connectivity index (χ2v) is 14.3. The standard InChI is InChI=1S/C22H14ClF5N2O5.C21H13ClF5N3O4/c1-10-9-29-15(21(32)33-2)8-14(10)30-20(31)18-17(6-4-12(23)19(18)25)34-11-3-5-16(13(24)7-11)35-22(26,27)28;1-9-8-29-14(19(28)31)7-13(9)30-20(32)17-16(5-3-11(22)18(17)24)33-10-2-4-15(12(23)6-10)34-21(25,26)27/h3-9H,1-2H3,(H,29,30,31);2-8H,1H3,(H2,28,31)(H,29,30,32). The summed E-state index contributed by atoms with van der Waals surface area (Å²) in [4.78, 5) is 56.5. The minimum absolute atomic E-state index is 0.0822. The van der Waals surface area contributed by atoms with Gasteiger partial charge >= 0.3 is 18.7 Å². The lowest BCUT2D eigenvalue weighted by Crippen LogP contribution is -2.18. The van der Waals surface area contributed by atoms with Crippen LogP contribution >= 0.6 is 23.2 Å². The van der Waals surface area contributed by atoms with E-state index in [2.05, 4.69) is 34.8 Å². The van der Waals surface area contributed by atoms with Crippen molar-refractivity contribution in [3.05, 3.63) is 152 Å². The molecule has 0 aliphatic carbocycles. The summed E-state index contributed by atoms with van der Waals surface area (Å²) < 4.78 is 154. The van der Waals surface area contributed by atoms with E-state index < -0.39 is 104 Å². The molecule has 2 aromatic heterocycles. The molecule has 0 unspecified atom stereocenters. The number of aryl methyl sites for hydroxylation is 2. The molecule has 4 N–H and O–H groups in total. The third-order valence-corrected chi connectivity index (χ3v) is 9.21. The van der Waals surface area contributed by atoms with Gasteiger partial charge in [0.2, 0.25) is 0 Å². The number of nitrogens with zero attached hydrogens (tertiary/aromatic N) is 2. The Morgan fingerprint density at radius 2 is 0.957 bits per heavy atom. The number of benzene rings is 4. The molecule has 362 valence electrons. The number of nitrogens with one attached hydrogen (secondary N) is 2. The molecular formula is C43H27Cl2F10N5O9. The molecule has 0 bridgehead atoms. The maximum atomic E-state index is 14.8. The number of aromatic nitrogens is 2. The molecule has 0 spiro atoms. The smallest absolute Gasteiger partial charge is 0.464 e. The van der Waals surface area contributed by atoms with Gasteiger partial charge < -0.3 is 40.1 Å². The van der Waals surface area contributed by atoms with E-state index in [1.807, 2.05) is 0 Å². The third-order valence-electron chi connectivity index (χ3n) is 8.63. The van der Waals surface area contributed by atoms with Crippen LogP contribution in [0.3, 0.4) is 0 Å². The van der Waals surface area contributed by atoms with Gasteiger partial charge in [-0.3, -0.25) is 19.4 Å². The average Bonchev–Trinajstić information content (AvgIpc) is 3.26. The highest BCUT2D eigenvalue weighted by molar-refractivity contribution is 6.31. The number of pyridine rings is 2. The van der Waals surface area contributed by atoms with E-state index in [1.165, 1.54) is 24.5 Å². The van der Waals surface area contributed by atoms with Gasteiger partial charge in [0.05, 0.1) is 17.2 Å². The van der Waals surface area contributed by atoms with Crippen molar-refractivity contribution in [2.24, 2.45) is 5.73 Å². The van der Waals surface area contributed by atoms with E-state index in [9.17, 15) is 63.1 Å². The van der Waals surface area contributed by atoms with Crippen molar-refractivity contribution < 1.29 is 86.8 Å². The van der Waals surface area contributed by atoms with E-state index in [4.69, 9.17) is 38.4 Å². The number of esters is 1. The highest BCUT2D eigenvalue weighted by Crippen LogP contribution is 2.37. The summed E-state index contributed by atoms with van der Waals surface area (Å²) in [5, 5.41) is 3.90. The molecule has 0 aliphatic rings. The monoisotopic (exact) mass is 1020 g/mol. The molecule has 3 amide bonds. The lowest BCUT2D eigenvalue weighted by Gasteiger charge is -2.15. The molecule has 0 fully saturated rings. The summed E-state index contributed by atoms with van der Waals surface area (Å²) in [6.45, 7) is 3.11. The molecule has 14 nitrogen and oxygen atoms in total. The van der Waals surface area contributed by atoms with E-state index in [-0.39, 0.29) is 34.3 Å². The second-order valence-electron chi connectivity index (χ2n) is 13.5. The van der Waals surface area contributed by atoms with Crippen molar-refractivity contribution in [2.45, 2.75) is 26.6 Å². The predicted octanol–water partition coefficient (Wildman–Crippen LogP) is 11.4. The van der Waals surface area contributed by atoms with Gasteiger partial charge in [0.25, 0.3) is 17.7 Å². The highest BCUT2D eigenvalue weighted by Gasteiger charge is 2.34. The first-order valence-electron chi connectivity index (χ1n) is 18.6. The number of primary amides is 1. The molecule has 6 rings (SSSR count). The number of carbonyl (C=O) groups excluding carboxylic acids is 4. The molecule has 2 heterocycles. The van der Waals surface area contributed by atoms with Crippen molar-refractivity contribution in [1.29, 1.82) is 0 Å². The van der Waals surface area contributed by atoms with Crippen molar-refractivity contribution in [2.75, 3.05) is 17.7 Å². The summed E-state index contributed by atoms with van der Waals surface area (Å²) in [6, 6.07) is 11.0. The summed E-state index contributed by atoms with van der Waals surface area (Å²) in [7, 11) is 1.14. The Kier molecular flexibility index (Phi) is 16.2. The number of carbonyl (C=O) groups is 4. The fourth-order valence-corrected chi connectivity index (χ4v) is 5.77. The van der Waals surface area contributed by atoms with Crippen molar-refractivity contribution in [3.8, 4) is 34.5 Å². The van der Waals surface area contributed by atoms with Gasteiger partial charge in [-0.1, -0.05) is 23.2 Å². The van der Waals surface area contributed by atoms with Crippen LogP contribution in [0.15, 0.2) is 85.2 Å². The Morgan fingerprint density at radius 1 is 0.580 bits per heavy atom. The number of alkyl halides is 6. The van der Waals surface area contributed by atoms with E-state index in [1.54, 1.807) is 13.8 Å². The summed E-state index contributed by atoms with van der Waals surface area (Å²) in [5.41, 5.74) is 4.49. The average molecular weight is 1020 g/mol. The quantitative estimate of drug-likeness (QED) is 0.0781. The molecular weight excluding hydrogens is 991 g/mol. The number of hydrogen-bond donors (Lipinski definition) is 3. The Bertz CT molecular complexity index is 2980. The maximum Gasteiger partial charge on any atom is 0.573 e. The SMILES string of the molecule is COC(=O)c1cc(NC(=O)c2c(Oc3ccc(OC(F)(F)F)c(F)c3)ccc(Cl)c2F)c(C)cn1.Cc1cnc(C(N)=O)cc1NC(=O)c1c(Oc2ccc(OC(F)(F)F)c(F)c2)ccc(Cl)c1F. The first kappa shape index (κ1) is 52.1. The fourth-order valence-electron chi connectivity index (χ4n) is 5.46. The fraction of sp³-hybridized carbons (Fsp3) is 0.116. The zero-order valence-corrected chi connectivity index (χ0v) is 36.3. The minimum atomic E-state index is -5.12. The van der Waals surface area contributed by atoms with E-state index in [0.717, 1.165) is 43.5 Å². The first-order chi connectivity index (χ1) is 32.2.